The summed E-state index contributed by atoms with van der Waals surface area (Å²) in [5.74, 6) is 0.779. The Kier molecular flexibility index (Phi) is 5.17. The van der Waals surface area contributed by atoms with Crippen LogP contribution in [0.4, 0.5) is 11.5 Å². The second-order valence-corrected chi connectivity index (χ2v) is 6.62. The first kappa shape index (κ1) is 19.2. The molecule has 0 radical (unpaired) electrons. The van der Waals surface area contributed by atoms with E-state index in [2.05, 4.69) is 15.3 Å². The van der Waals surface area contributed by atoms with Crippen molar-refractivity contribution in [2.75, 3.05) is 12.4 Å². The summed E-state index contributed by atoms with van der Waals surface area (Å²) < 4.78 is 11.0. The molecule has 0 spiro atoms. The third kappa shape index (κ3) is 4.15. The fourth-order valence-corrected chi connectivity index (χ4v) is 2.92. The minimum Gasteiger partial charge on any atom is -0.508 e. The average Bonchev–Trinajstić information content (AvgIpc) is 2.73. The number of aryl methyl sites for hydroxylation is 1. The molecule has 0 aliphatic heterocycles. The Bertz CT molecular complexity index is 1290. The number of amides is 1. The second-order valence-electron chi connectivity index (χ2n) is 6.62. The van der Waals surface area contributed by atoms with E-state index in [-0.39, 0.29) is 16.9 Å². The van der Waals surface area contributed by atoms with Crippen molar-refractivity contribution in [1.82, 2.24) is 4.98 Å². The fourth-order valence-electron chi connectivity index (χ4n) is 2.92. The molecule has 150 valence electrons. The number of anilines is 1. The molecular formula is C23H19N3O4. The van der Waals surface area contributed by atoms with Crippen LogP contribution in [0.15, 0.2) is 76.1 Å². The van der Waals surface area contributed by atoms with Crippen LogP contribution in [0.25, 0.3) is 11.0 Å². The van der Waals surface area contributed by atoms with E-state index in [9.17, 15) is 9.90 Å². The lowest BCUT2D eigenvalue weighted by atomic mass is 10.1. The van der Waals surface area contributed by atoms with Crippen LogP contribution in [0.3, 0.4) is 0 Å². The van der Waals surface area contributed by atoms with E-state index in [1.54, 1.807) is 49.6 Å². The van der Waals surface area contributed by atoms with Crippen molar-refractivity contribution in [3.05, 3.63) is 83.5 Å². The molecule has 0 saturated heterocycles. The molecule has 2 aromatic heterocycles. The van der Waals surface area contributed by atoms with Crippen molar-refractivity contribution >= 4 is 28.4 Å². The number of nitrogens with one attached hydrogen (secondary N) is 1. The summed E-state index contributed by atoms with van der Waals surface area (Å²) in [7, 11) is 1.58. The summed E-state index contributed by atoms with van der Waals surface area (Å²) >= 11 is 0. The summed E-state index contributed by atoms with van der Waals surface area (Å²) in [5.41, 5.74) is 2.14. The van der Waals surface area contributed by atoms with Crippen LogP contribution in [0, 0.1) is 6.92 Å². The van der Waals surface area contributed by atoms with Crippen molar-refractivity contribution in [3.8, 4) is 11.5 Å². The topological polar surface area (TPSA) is 97.0 Å². The number of benzene rings is 2. The van der Waals surface area contributed by atoms with Crippen LogP contribution in [0.1, 0.15) is 16.1 Å². The second kappa shape index (κ2) is 8.08. The molecule has 1 amide bonds. The lowest BCUT2D eigenvalue weighted by Gasteiger charge is -2.07. The maximum atomic E-state index is 13.0. The van der Waals surface area contributed by atoms with Gasteiger partial charge < -0.3 is 19.6 Å². The molecule has 2 heterocycles. The molecule has 7 heteroatoms. The number of carbonyl (C=O) groups excluding carboxylic acids is 1. The lowest BCUT2D eigenvalue weighted by Crippen LogP contribution is -2.22. The highest BCUT2D eigenvalue weighted by molar-refractivity contribution is 6.05. The van der Waals surface area contributed by atoms with Crippen LogP contribution < -0.4 is 15.6 Å². The number of carbonyl (C=O) groups is 1. The highest BCUT2D eigenvalue weighted by Crippen LogP contribution is 2.21. The monoisotopic (exact) mass is 401 g/mol. The summed E-state index contributed by atoms with van der Waals surface area (Å²) in [6.07, 6.45) is 0. The number of rotatable bonds is 4. The van der Waals surface area contributed by atoms with Crippen LogP contribution >= 0.6 is 0 Å². The first-order valence-electron chi connectivity index (χ1n) is 9.22. The maximum Gasteiger partial charge on any atom is 0.262 e. The number of nitrogens with zero attached hydrogens (tertiary/aromatic N) is 2. The lowest BCUT2D eigenvalue weighted by molar-refractivity contribution is 0.102. The number of pyridine rings is 1. The van der Waals surface area contributed by atoms with Gasteiger partial charge in [0, 0.05) is 17.1 Å². The molecule has 0 saturated carbocycles. The highest BCUT2D eigenvalue weighted by Gasteiger charge is 2.14. The van der Waals surface area contributed by atoms with Gasteiger partial charge in [-0.2, -0.15) is 0 Å². The molecule has 0 atom stereocenters. The zero-order chi connectivity index (χ0) is 21.1. The van der Waals surface area contributed by atoms with E-state index in [0.29, 0.717) is 28.2 Å². The van der Waals surface area contributed by atoms with Crippen molar-refractivity contribution in [2.45, 2.75) is 6.92 Å². The van der Waals surface area contributed by atoms with E-state index < -0.39 is 5.91 Å². The van der Waals surface area contributed by atoms with Gasteiger partial charge in [0.05, 0.1) is 12.8 Å². The molecule has 0 aliphatic carbocycles. The Morgan fingerprint density at radius 1 is 1.10 bits per heavy atom. The number of hydrogen-bond acceptors (Lipinski definition) is 6. The van der Waals surface area contributed by atoms with Crippen molar-refractivity contribution < 1.29 is 19.1 Å². The molecule has 0 bridgehead atoms. The number of aromatic hydroxyl groups is 1. The van der Waals surface area contributed by atoms with Gasteiger partial charge in [0.1, 0.15) is 28.5 Å². The predicted octanol–water partition coefficient (Wildman–Crippen LogP) is 4.34. The smallest absolute Gasteiger partial charge is 0.262 e. The van der Waals surface area contributed by atoms with Gasteiger partial charge in [0.15, 0.2) is 0 Å². The van der Waals surface area contributed by atoms with Crippen LogP contribution in [-0.2, 0) is 0 Å². The number of phenols is 1. The fraction of sp³-hybridized carbons (Fsp3) is 0.0870. The van der Waals surface area contributed by atoms with E-state index in [0.717, 1.165) is 5.69 Å². The van der Waals surface area contributed by atoms with Crippen molar-refractivity contribution in [3.63, 3.8) is 0 Å². The van der Waals surface area contributed by atoms with Gasteiger partial charge in [0.2, 0.25) is 5.55 Å². The molecule has 2 aromatic carbocycles. The van der Waals surface area contributed by atoms with E-state index in [1.807, 2.05) is 19.1 Å². The maximum absolute atomic E-state index is 13.0. The molecule has 7 nitrogen and oxygen atoms in total. The van der Waals surface area contributed by atoms with Crippen molar-refractivity contribution in [2.24, 2.45) is 4.99 Å². The number of methoxy groups -OCH3 is 1. The summed E-state index contributed by atoms with van der Waals surface area (Å²) in [6.45, 7) is 1.85. The Hall–Kier alpha value is -4.13. The Labute approximate surface area is 172 Å². The summed E-state index contributed by atoms with van der Waals surface area (Å²) in [5, 5.41) is 13.2. The van der Waals surface area contributed by atoms with E-state index >= 15 is 0 Å². The average molecular weight is 401 g/mol. The Morgan fingerprint density at radius 2 is 1.90 bits per heavy atom. The summed E-state index contributed by atoms with van der Waals surface area (Å²) in [6, 6.07) is 18.8. The van der Waals surface area contributed by atoms with Gasteiger partial charge in [-0.05, 0) is 61.5 Å². The van der Waals surface area contributed by atoms with Gasteiger partial charge in [-0.15, -0.1) is 0 Å². The molecular weight excluding hydrogens is 382 g/mol. The van der Waals surface area contributed by atoms with E-state index in [1.165, 1.54) is 12.1 Å². The minimum atomic E-state index is -0.404. The number of hydrogen-bond donors (Lipinski definition) is 2. The van der Waals surface area contributed by atoms with Gasteiger partial charge in [-0.1, -0.05) is 6.07 Å². The molecule has 0 aliphatic rings. The number of fused-ring (bicyclic) bond motifs is 1. The zero-order valence-electron chi connectivity index (χ0n) is 16.4. The SMILES string of the molecule is COc1ccc(N=c2oc3cc(O)ccc3cc2C(=O)Nc2cccc(C)n2)cc1. The minimum absolute atomic E-state index is 0.0582. The quantitative estimate of drug-likeness (QED) is 0.530. The van der Waals surface area contributed by atoms with Gasteiger partial charge >= 0.3 is 0 Å². The Balaban J connectivity index is 1.83. The van der Waals surface area contributed by atoms with Gasteiger partial charge in [-0.25, -0.2) is 9.98 Å². The molecule has 30 heavy (non-hydrogen) atoms. The molecule has 4 aromatic rings. The molecule has 4 rings (SSSR count). The van der Waals surface area contributed by atoms with Crippen molar-refractivity contribution in [1.29, 1.82) is 0 Å². The normalized spacial score (nSPS) is 11.5. The van der Waals surface area contributed by atoms with Crippen LogP contribution in [-0.4, -0.2) is 23.1 Å². The van der Waals surface area contributed by atoms with Crippen LogP contribution in [0.2, 0.25) is 0 Å². The van der Waals surface area contributed by atoms with Gasteiger partial charge in [-0.3, -0.25) is 4.79 Å². The number of phenolic OH excluding ortho intramolecular Hbond substituents is 1. The third-order valence-electron chi connectivity index (χ3n) is 4.41. The van der Waals surface area contributed by atoms with Gasteiger partial charge in [0.25, 0.3) is 5.91 Å². The number of aromatic nitrogens is 1. The first-order valence-corrected chi connectivity index (χ1v) is 9.22. The largest absolute Gasteiger partial charge is 0.508 e. The zero-order valence-corrected chi connectivity index (χ0v) is 16.4. The standard InChI is InChI=1S/C23H19N3O4/c1-14-4-3-5-21(24-14)26-22(28)19-12-15-6-9-17(27)13-20(15)30-23(19)25-16-7-10-18(29-2)11-8-16/h3-13,27H,1-2H3,(H,24,26,28). The molecule has 0 unspecified atom stereocenters. The molecule has 2 N–H and O–H groups in total. The Morgan fingerprint density at radius 3 is 2.63 bits per heavy atom. The third-order valence-corrected chi connectivity index (χ3v) is 4.41. The number of ether oxygens (including phenoxy) is 1. The first-order chi connectivity index (χ1) is 14.5. The van der Waals surface area contributed by atoms with E-state index in [4.69, 9.17) is 9.15 Å². The predicted molar refractivity (Wildman–Crippen MR) is 113 cm³/mol. The van der Waals surface area contributed by atoms with Crippen LogP contribution in [0.5, 0.6) is 11.5 Å². The molecule has 0 fully saturated rings. The summed E-state index contributed by atoms with van der Waals surface area (Å²) in [4.78, 5) is 21.8. The highest BCUT2D eigenvalue weighted by atomic mass is 16.5.